The predicted octanol–water partition coefficient (Wildman–Crippen LogP) is -0.961. The minimum Gasteiger partial charge on any atom is -0.440 e. The molecule has 1 aliphatic heterocycles. The first kappa shape index (κ1) is 16.8. The Morgan fingerprint density at radius 3 is 3.05 bits per heavy atom. The molecule has 0 aromatic carbocycles. The largest absolute Gasteiger partial charge is 0.440 e. The second-order valence-electron chi connectivity index (χ2n) is 4.73. The molecular weight excluding hydrogens is 316 g/mol. The molecule has 1 fully saturated rings. The van der Waals surface area contributed by atoms with Crippen molar-refractivity contribution < 1.29 is 23.8 Å². The van der Waals surface area contributed by atoms with Gasteiger partial charge in [0.15, 0.2) is 18.3 Å². The lowest BCUT2D eigenvalue weighted by Crippen LogP contribution is -2.48. The fraction of sp³-hybridized carbons (Fsp3) is 0.545. The van der Waals surface area contributed by atoms with Crippen molar-refractivity contribution in [3.63, 3.8) is 0 Å². The number of halogens is 1. The number of ether oxygens (including phenoxy) is 2. The quantitative estimate of drug-likeness (QED) is 0.282. The summed E-state index contributed by atoms with van der Waals surface area (Å²) in [6.45, 7) is -0.453. The molecule has 2 heterocycles. The minimum absolute atomic E-state index is 0.0448. The van der Waals surface area contributed by atoms with Crippen molar-refractivity contribution in [3.05, 3.63) is 27.1 Å². The van der Waals surface area contributed by atoms with Gasteiger partial charge in [0.25, 0.3) is 5.56 Å². The molecule has 0 aliphatic carbocycles. The fourth-order valence-electron chi connectivity index (χ4n) is 2.09. The molecule has 2 radical (unpaired) electrons. The monoisotopic (exact) mass is 329 g/mol. The number of aliphatic hydroxyl groups is 1. The Morgan fingerprint density at radius 1 is 1.73 bits per heavy atom. The molecule has 11 heteroatoms. The van der Waals surface area contributed by atoms with E-state index >= 15 is 0 Å². The van der Waals surface area contributed by atoms with E-state index in [1.165, 1.54) is 4.57 Å². The molecule has 1 aromatic rings. The number of hydrogen-bond donors (Lipinski definition) is 3. The molecule has 1 aliphatic rings. The standard InChI is InChI=1S/C11H13BFN3O5S/c12-11(19,21-8(17)3-14)6-1-2-7(20-6)16-4-5(13)9(18)15-10(16)22/h4,6-7,19H,1-3,14H2,(H,15,18,22). The van der Waals surface area contributed by atoms with Gasteiger partial charge in [-0.25, -0.2) is 0 Å². The lowest BCUT2D eigenvalue weighted by atomic mass is 9.87. The van der Waals surface area contributed by atoms with Gasteiger partial charge in [-0.2, -0.15) is 4.39 Å². The number of nitrogens with two attached hydrogens (primary N) is 1. The van der Waals surface area contributed by atoms with Gasteiger partial charge in [0.2, 0.25) is 5.82 Å². The van der Waals surface area contributed by atoms with Crippen LogP contribution >= 0.6 is 12.2 Å². The SMILES string of the molecule is [B]C(O)(OC(=O)CN)C1CCC(n2cc(F)c(=O)[nH]c2=S)O1. The molecule has 8 nitrogen and oxygen atoms in total. The van der Waals surface area contributed by atoms with E-state index in [0.717, 1.165) is 6.20 Å². The number of carbonyl (C=O) groups excluding carboxylic acids is 1. The number of nitrogens with zero attached hydrogens (tertiary/aromatic N) is 1. The highest BCUT2D eigenvalue weighted by molar-refractivity contribution is 7.71. The summed E-state index contributed by atoms with van der Waals surface area (Å²) in [6, 6.07) is 0. The second kappa shape index (κ2) is 6.28. The van der Waals surface area contributed by atoms with Crippen molar-refractivity contribution >= 4 is 26.0 Å². The van der Waals surface area contributed by atoms with E-state index < -0.39 is 41.9 Å². The Kier molecular flexibility index (Phi) is 4.80. The maximum absolute atomic E-state index is 13.3. The number of aromatic amines is 1. The van der Waals surface area contributed by atoms with Crippen LogP contribution in [0.4, 0.5) is 4.39 Å². The molecule has 0 spiro atoms. The maximum Gasteiger partial charge on any atom is 0.321 e. The summed E-state index contributed by atoms with van der Waals surface area (Å²) in [7, 11) is 5.50. The highest BCUT2D eigenvalue weighted by Crippen LogP contribution is 2.33. The number of aromatic nitrogens is 2. The summed E-state index contributed by atoms with van der Waals surface area (Å²) >= 11 is 4.92. The highest BCUT2D eigenvalue weighted by atomic mass is 32.1. The summed E-state index contributed by atoms with van der Waals surface area (Å²) in [5.74, 6) is -1.93. The van der Waals surface area contributed by atoms with E-state index in [-0.39, 0.29) is 11.2 Å². The Bertz CT molecular complexity index is 691. The van der Waals surface area contributed by atoms with Crippen molar-refractivity contribution in [2.45, 2.75) is 30.9 Å². The smallest absolute Gasteiger partial charge is 0.321 e. The van der Waals surface area contributed by atoms with Crippen molar-refractivity contribution in [2.24, 2.45) is 5.73 Å². The van der Waals surface area contributed by atoms with E-state index in [0.29, 0.717) is 6.42 Å². The van der Waals surface area contributed by atoms with E-state index in [4.69, 9.17) is 30.5 Å². The first-order valence-corrected chi connectivity index (χ1v) is 6.75. The normalized spacial score (nSPS) is 24.0. The number of esters is 1. The van der Waals surface area contributed by atoms with Crippen molar-refractivity contribution in [2.75, 3.05) is 6.54 Å². The van der Waals surface area contributed by atoms with Gasteiger partial charge in [-0.05, 0) is 25.1 Å². The maximum atomic E-state index is 13.3. The zero-order valence-corrected chi connectivity index (χ0v) is 12.1. The average molecular weight is 329 g/mol. The Labute approximate surface area is 130 Å². The fourth-order valence-corrected chi connectivity index (χ4v) is 2.36. The number of rotatable bonds is 4. The van der Waals surface area contributed by atoms with Gasteiger partial charge >= 0.3 is 5.97 Å². The summed E-state index contributed by atoms with van der Waals surface area (Å²) in [6.07, 6.45) is -0.391. The third kappa shape index (κ3) is 3.43. The lowest BCUT2D eigenvalue weighted by molar-refractivity contribution is -0.214. The first-order chi connectivity index (χ1) is 10.2. The summed E-state index contributed by atoms with van der Waals surface area (Å²) < 4.78 is 24.5. The van der Waals surface area contributed by atoms with Gasteiger partial charge < -0.3 is 20.3 Å². The molecule has 3 atom stereocenters. The minimum atomic E-state index is -2.37. The topological polar surface area (TPSA) is 120 Å². The summed E-state index contributed by atoms with van der Waals surface area (Å²) in [4.78, 5) is 24.4. The number of H-pyrrole nitrogens is 1. The number of carbonyl (C=O) groups is 1. The lowest BCUT2D eigenvalue weighted by Gasteiger charge is -2.30. The molecule has 1 saturated heterocycles. The molecule has 0 amide bonds. The zero-order chi connectivity index (χ0) is 16.5. The number of hydrogen-bond acceptors (Lipinski definition) is 7. The molecular formula is C11H13BFN3O5S. The van der Waals surface area contributed by atoms with Crippen LogP contribution in [0.25, 0.3) is 0 Å². The zero-order valence-electron chi connectivity index (χ0n) is 11.3. The van der Waals surface area contributed by atoms with Crippen LogP contribution in [0.15, 0.2) is 11.0 Å². The summed E-state index contributed by atoms with van der Waals surface area (Å²) in [5.41, 5.74) is 1.76. The molecule has 1 aromatic heterocycles. The molecule has 3 unspecified atom stereocenters. The molecule has 2 rings (SSSR count). The summed E-state index contributed by atoms with van der Waals surface area (Å²) in [5, 5.41) is 9.94. The van der Waals surface area contributed by atoms with Crippen LogP contribution < -0.4 is 11.3 Å². The van der Waals surface area contributed by atoms with Crippen LogP contribution in [-0.2, 0) is 14.3 Å². The Hall–Kier alpha value is -1.56. The Balaban J connectivity index is 2.16. The van der Waals surface area contributed by atoms with E-state index in [1.807, 2.05) is 0 Å². The van der Waals surface area contributed by atoms with E-state index in [9.17, 15) is 19.1 Å². The highest BCUT2D eigenvalue weighted by Gasteiger charge is 2.41. The van der Waals surface area contributed by atoms with Crippen LogP contribution in [0.2, 0.25) is 0 Å². The molecule has 0 saturated carbocycles. The van der Waals surface area contributed by atoms with Crippen LogP contribution in [0.5, 0.6) is 0 Å². The molecule has 22 heavy (non-hydrogen) atoms. The third-order valence-electron chi connectivity index (χ3n) is 3.14. The van der Waals surface area contributed by atoms with Crippen LogP contribution in [0.3, 0.4) is 0 Å². The number of nitrogens with one attached hydrogen (secondary N) is 1. The van der Waals surface area contributed by atoms with Gasteiger partial charge in [-0.15, -0.1) is 0 Å². The van der Waals surface area contributed by atoms with Crippen LogP contribution in [-0.4, -0.2) is 46.8 Å². The van der Waals surface area contributed by atoms with Gasteiger partial charge in [0.1, 0.15) is 12.3 Å². The van der Waals surface area contributed by atoms with E-state index in [2.05, 4.69) is 9.72 Å². The van der Waals surface area contributed by atoms with Gasteiger partial charge in [0, 0.05) is 0 Å². The van der Waals surface area contributed by atoms with E-state index in [1.54, 1.807) is 0 Å². The second-order valence-corrected chi connectivity index (χ2v) is 5.12. The molecule has 4 N–H and O–H groups in total. The predicted molar refractivity (Wildman–Crippen MR) is 74.8 cm³/mol. The van der Waals surface area contributed by atoms with Crippen LogP contribution in [0.1, 0.15) is 19.1 Å². The third-order valence-corrected chi connectivity index (χ3v) is 3.45. The Morgan fingerprint density at radius 2 is 2.41 bits per heavy atom. The van der Waals surface area contributed by atoms with Gasteiger partial charge in [-0.1, -0.05) is 0 Å². The average Bonchev–Trinajstić information content (AvgIpc) is 2.92. The van der Waals surface area contributed by atoms with Crippen molar-refractivity contribution in [1.29, 1.82) is 0 Å². The van der Waals surface area contributed by atoms with Crippen molar-refractivity contribution in [3.8, 4) is 0 Å². The van der Waals surface area contributed by atoms with Crippen molar-refractivity contribution in [1.82, 2.24) is 9.55 Å². The molecule has 118 valence electrons. The van der Waals surface area contributed by atoms with Gasteiger partial charge in [0.05, 0.1) is 12.7 Å². The first-order valence-electron chi connectivity index (χ1n) is 6.34. The van der Waals surface area contributed by atoms with Gasteiger partial charge in [-0.3, -0.25) is 19.1 Å². The molecule has 0 bridgehead atoms. The van der Waals surface area contributed by atoms with Crippen LogP contribution in [0, 0.1) is 10.6 Å².